The van der Waals surface area contributed by atoms with E-state index in [-0.39, 0.29) is 12.5 Å². The number of aliphatic hydroxyl groups is 5. The normalized spacial score (nSPS) is 19.2. The van der Waals surface area contributed by atoms with Crippen molar-refractivity contribution in [1.82, 2.24) is 5.32 Å². The van der Waals surface area contributed by atoms with Gasteiger partial charge in [0.25, 0.3) is 0 Å². The lowest BCUT2D eigenvalue weighted by atomic mass is 9.99. The largest absolute Gasteiger partial charge is 0.394 e. The summed E-state index contributed by atoms with van der Waals surface area (Å²) in [5.74, 6) is -0.191. The van der Waals surface area contributed by atoms with Crippen LogP contribution in [0.25, 0.3) is 0 Å². The van der Waals surface area contributed by atoms with Crippen molar-refractivity contribution in [1.29, 1.82) is 0 Å². The number of unbranched alkanes of at least 4 members (excludes halogenated alkanes) is 28. The number of nitrogens with one attached hydrogen (secondary N) is 1. The van der Waals surface area contributed by atoms with Gasteiger partial charge in [0.05, 0.1) is 25.4 Å². The SMILES string of the molecule is CC/C=C\C/C=C\C/C=C\C/C=C\C/C=C\C/C=C\C/C=C\C/C=C\C/C=C\CCCCCCCCCC(=O)NC(COC1OC(CO)C(O)C(O)C1O)C(O)/C=C/CCCCCCCCCCCCCCCCCCCCCCC. The van der Waals surface area contributed by atoms with Crippen molar-refractivity contribution >= 4 is 5.91 Å². The van der Waals surface area contributed by atoms with Gasteiger partial charge in [0.1, 0.15) is 24.4 Å². The Morgan fingerprint density at radius 1 is 0.432 bits per heavy atom. The Morgan fingerprint density at radius 3 is 1.14 bits per heavy atom. The maximum atomic E-state index is 13.1. The maximum absolute atomic E-state index is 13.1. The van der Waals surface area contributed by atoms with E-state index in [1.807, 2.05) is 6.08 Å². The molecule has 0 aromatic carbocycles. The quantitative estimate of drug-likeness (QED) is 0.0261. The van der Waals surface area contributed by atoms with E-state index >= 15 is 0 Å². The van der Waals surface area contributed by atoms with E-state index in [2.05, 4.69) is 129 Å². The molecule has 0 aliphatic carbocycles. The number of hydrogen-bond donors (Lipinski definition) is 6. The Morgan fingerprint density at radius 2 is 0.765 bits per heavy atom. The zero-order valence-corrected chi connectivity index (χ0v) is 51.7. The highest BCUT2D eigenvalue weighted by molar-refractivity contribution is 5.76. The number of carbonyl (C=O) groups excluding carboxylic acids is 1. The van der Waals surface area contributed by atoms with Gasteiger partial charge in [-0.3, -0.25) is 4.79 Å². The van der Waals surface area contributed by atoms with Crippen molar-refractivity contribution in [3.05, 3.63) is 122 Å². The summed E-state index contributed by atoms with van der Waals surface area (Å²) in [5, 5.41) is 54.7. The smallest absolute Gasteiger partial charge is 0.220 e. The molecule has 1 aliphatic rings. The molecule has 1 rings (SSSR count). The highest BCUT2D eigenvalue weighted by Gasteiger charge is 2.44. The number of hydrogen-bond acceptors (Lipinski definition) is 8. The Kier molecular flexibility index (Phi) is 55.8. The number of aliphatic hydroxyl groups excluding tert-OH is 5. The van der Waals surface area contributed by atoms with E-state index in [1.54, 1.807) is 6.08 Å². The van der Waals surface area contributed by atoms with Gasteiger partial charge < -0.3 is 40.3 Å². The van der Waals surface area contributed by atoms with Crippen LogP contribution in [0.2, 0.25) is 0 Å². The molecule has 0 radical (unpaired) electrons. The van der Waals surface area contributed by atoms with Crippen LogP contribution in [0, 0.1) is 0 Å². The highest BCUT2D eigenvalue weighted by Crippen LogP contribution is 2.23. The summed E-state index contributed by atoms with van der Waals surface area (Å²) in [6.45, 7) is 3.67. The van der Waals surface area contributed by atoms with Crippen LogP contribution in [0.3, 0.4) is 0 Å². The minimum absolute atomic E-state index is 0.191. The molecule has 7 atom stereocenters. The zero-order chi connectivity index (χ0) is 58.6. The van der Waals surface area contributed by atoms with Gasteiger partial charge >= 0.3 is 0 Å². The fraction of sp³-hybridized carbons (Fsp3) is 0.708. The number of allylic oxidation sites excluding steroid dienone is 19. The predicted molar refractivity (Wildman–Crippen MR) is 345 cm³/mol. The van der Waals surface area contributed by atoms with Crippen LogP contribution in [0.5, 0.6) is 0 Å². The lowest BCUT2D eigenvalue weighted by Crippen LogP contribution is -2.60. The van der Waals surface area contributed by atoms with Gasteiger partial charge in [0.15, 0.2) is 6.29 Å². The van der Waals surface area contributed by atoms with Crippen LogP contribution in [0.1, 0.15) is 271 Å². The summed E-state index contributed by atoms with van der Waals surface area (Å²) in [6, 6.07) is -0.821. The van der Waals surface area contributed by atoms with Crippen LogP contribution >= 0.6 is 0 Å². The summed E-state index contributed by atoms with van der Waals surface area (Å²) in [7, 11) is 0. The number of carbonyl (C=O) groups is 1. The van der Waals surface area contributed by atoms with Crippen molar-refractivity contribution in [2.24, 2.45) is 0 Å². The molecule has 9 heteroatoms. The molecule has 1 fully saturated rings. The average molecular weight is 1130 g/mol. The number of rotatable bonds is 56. The molecule has 0 aromatic rings. The second kappa shape index (κ2) is 59.7. The lowest BCUT2D eigenvalue weighted by Gasteiger charge is -2.40. The topological polar surface area (TPSA) is 149 Å². The standard InChI is InChI=1S/C72H123NO8/c1-3-5-7-9-11-13-15-17-19-21-23-25-27-28-29-30-31-32-33-34-35-36-37-38-40-42-44-46-48-50-52-54-56-58-60-62-68(76)73-65(64-80-72-71(79)70(78)69(77)67(63-74)81-72)66(75)61-59-57-55-53-51-49-47-45-43-41-39-26-24-22-20-18-16-14-12-10-8-6-4-2/h5,7,11,13,17,19,23,25,28-29,31-32,34-35,37-38,42,44,59,61,65-67,69-72,74-75,77-79H,3-4,6,8-10,12,14-16,18,20-22,24,26-27,30,33,36,39-41,43,45-58,60,62-64H2,1-2H3,(H,73,76)/b7-5-,13-11-,19-17-,25-23-,29-28-,32-31-,35-34-,38-37-,44-42-,61-59+. The van der Waals surface area contributed by atoms with Crippen molar-refractivity contribution in [3.63, 3.8) is 0 Å². The predicted octanol–water partition coefficient (Wildman–Crippen LogP) is 17.9. The second-order valence-corrected chi connectivity index (χ2v) is 22.5. The zero-order valence-electron chi connectivity index (χ0n) is 51.7. The van der Waals surface area contributed by atoms with Crippen molar-refractivity contribution in [2.75, 3.05) is 13.2 Å². The molecule has 0 aromatic heterocycles. The molecule has 7 unspecified atom stereocenters. The molecular weight excluding hydrogens is 1010 g/mol. The van der Waals surface area contributed by atoms with E-state index in [1.165, 1.54) is 141 Å². The van der Waals surface area contributed by atoms with Crippen LogP contribution < -0.4 is 5.32 Å². The Labute approximate surface area is 497 Å². The first-order chi connectivity index (χ1) is 39.8. The minimum Gasteiger partial charge on any atom is -0.394 e. The van der Waals surface area contributed by atoms with Gasteiger partial charge in [-0.05, 0) is 89.9 Å². The van der Waals surface area contributed by atoms with Gasteiger partial charge in [-0.15, -0.1) is 0 Å². The molecule has 81 heavy (non-hydrogen) atoms. The second-order valence-electron chi connectivity index (χ2n) is 22.5. The third-order valence-electron chi connectivity index (χ3n) is 15.0. The van der Waals surface area contributed by atoms with Gasteiger partial charge in [-0.2, -0.15) is 0 Å². The molecule has 9 nitrogen and oxygen atoms in total. The molecule has 464 valence electrons. The van der Waals surface area contributed by atoms with Crippen molar-refractivity contribution in [3.8, 4) is 0 Å². The Hall–Kier alpha value is -3.41. The van der Waals surface area contributed by atoms with Gasteiger partial charge in [0.2, 0.25) is 5.91 Å². The minimum atomic E-state index is -1.58. The molecule has 1 heterocycles. The Bertz CT molecular complexity index is 1690. The third-order valence-corrected chi connectivity index (χ3v) is 15.0. The van der Waals surface area contributed by atoms with Crippen molar-refractivity contribution < 1.29 is 39.8 Å². The van der Waals surface area contributed by atoms with Gasteiger partial charge in [-0.25, -0.2) is 0 Å². The van der Waals surface area contributed by atoms with E-state index in [0.29, 0.717) is 6.42 Å². The summed E-state index contributed by atoms with van der Waals surface area (Å²) >= 11 is 0. The molecule has 0 bridgehead atoms. The maximum Gasteiger partial charge on any atom is 0.220 e. The van der Waals surface area contributed by atoms with Crippen LogP contribution in [-0.2, 0) is 14.3 Å². The summed E-state index contributed by atoms with van der Waals surface area (Å²) in [5.41, 5.74) is 0. The van der Waals surface area contributed by atoms with Crippen LogP contribution in [0.15, 0.2) is 122 Å². The average Bonchev–Trinajstić information content (AvgIpc) is 3.48. The fourth-order valence-corrected chi connectivity index (χ4v) is 9.86. The number of ether oxygens (including phenoxy) is 2. The first-order valence-electron chi connectivity index (χ1n) is 33.3. The van der Waals surface area contributed by atoms with E-state index in [0.717, 1.165) is 109 Å². The van der Waals surface area contributed by atoms with E-state index in [9.17, 15) is 30.3 Å². The summed E-state index contributed by atoms with van der Waals surface area (Å²) < 4.78 is 11.3. The van der Waals surface area contributed by atoms with Crippen LogP contribution in [-0.4, -0.2) is 87.5 Å². The molecule has 0 saturated carbocycles. The van der Waals surface area contributed by atoms with Crippen LogP contribution in [0.4, 0.5) is 0 Å². The molecule has 0 spiro atoms. The van der Waals surface area contributed by atoms with Crippen molar-refractivity contribution in [2.45, 2.75) is 314 Å². The van der Waals surface area contributed by atoms with E-state index in [4.69, 9.17) is 9.47 Å². The fourth-order valence-electron chi connectivity index (χ4n) is 9.86. The monoisotopic (exact) mass is 1130 g/mol. The summed E-state index contributed by atoms with van der Waals surface area (Å²) in [6.07, 6.45) is 82.7. The Balaban J connectivity index is 2.20. The van der Waals surface area contributed by atoms with Gasteiger partial charge in [-0.1, -0.05) is 296 Å². The first-order valence-corrected chi connectivity index (χ1v) is 33.3. The summed E-state index contributed by atoms with van der Waals surface area (Å²) in [4.78, 5) is 13.1. The lowest BCUT2D eigenvalue weighted by molar-refractivity contribution is -0.302. The molecule has 1 saturated heterocycles. The highest BCUT2D eigenvalue weighted by atomic mass is 16.7. The molecule has 1 aliphatic heterocycles. The first kappa shape index (κ1) is 75.6. The van der Waals surface area contributed by atoms with E-state index < -0.39 is 49.5 Å². The third kappa shape index (κ3) is 48.6. The molecular formula is C72H123NO8. The molecule has 1 amide bonds. The van der Waals surface area contributed by atoms with Gasteiger partial charge in [0, 0.05) is 6.42 Å². The molecule has 6 N–H and O–H groups in total. The number of amides is 1.